The van der Waals surface area contributed by atoms with E-state index in [0.717, 1.165) is 36.6 Å². The highest BCUT2D eigenvalue weighted by Crippen LogP contribution is 2.12. The highest BCUT2D eigenvalue weighted by atomic mass is 35.5. The molecule has 4 N–H and O–H groups in total. The number of carbonyl (C=O) groups excluding carboxylic acids is 1. The molecule has 0 heterocycles. The molecule has 27 heavy (non-hydrogen) atoms. The molecule has 0 unspecified atom stereocenters. The summed E-state index contributed by atoms with van der Waals surface area (Å²) in [6.45, 7) is 4.00. The zero-order valence-corrected chi connectivity index (χ0v) is 16.1. The maximum Gasteiger partial charge on any atom is 0.255 e. The second kappa shape index (κ2) is 11.1. The van der Waals surface area contributed by atoms with E-state index in [1.165, 1.54) is 0 Å². The average Bonchev–Trinajstić information content (AvgIpc) is 2.65. The molecule has 2 rings (SSSR count). The standard InChI is InChI=1S/C20H25ClN4O2/c1-2-23-20(25-13-16-4-3-5-17(21)12-16)24-11-10-15-6-8-18(9-7-15)27-14-19(22)26/h3-9,12H,2,10-11,13-14H2,1H3,(H2,22,26)(H2,23,24,25). The number of benzene rings is 2. The van der Waals surface area contributed by atoms with Crippen molar-refractivity contribution >= 4 is 23.5 Å². The van der Waals surface area contributed by atoms with Crippen molar-refractivity contribution in [3.8, 4) is 5.75 Å². The van der Waals surface area contributed by atoms with E-state index in [1.807, 2.05) is 55.5 Å². The third-order valence-corrected chi connectivity index (χ3v) is 3.90. The Bertz CT molecular complexity index is 763. The molecule has 0 aliphatic heterocycles. The van der Waals surface area contributed by atoms with Crippen LogP contribution in [0, 0.1) is 0 Å². The number of nitrogens with two attached hydrogens (primary N) is 1. The van der Waals surface area contributed by atoms with E-state index in [4.69, 9.17) is 22.1 Å². The number of guanidine groups is 1. The van der Waals surface area contributed by atoms with Crippen LogP contribution in [0.2, 0.25) is 5.02 Å². The number of rotatable bonds is 9. The van der Waals surface area contributed by atoms with Crippen molar-refractivity contribution in [3.63, 3.8) is 0 Å². The van der Waals surface area contributed by atoms with Crippen LogP contribution in [0.1, 0.15) is 18.1 Å². The van der Waals surface area contributed by atoms with Crippen LogP contribution < -0.4 is 21.1 Å². The summed E-state index contributed by atoms with van der Waals surface area (Å²) in [7, 11) is 0. The van der Waals surface area contributed by atoms with Crippen molar-refractivity contribution in [3.05, 3.63) is 64.7 Å². The molecule has 1 amide bonds. The zero-order valence-electron chi connectivity index (χ0n) is 15.4. The van der Waals surface area contributed by atoms with Crippen molar-refractivity contribution in [2.75, 3.05) is 19.7 Å². The first-order valence-corrected chi connectivity index (χ1v) is 9.21. The minimum absolute atomic E-state index is 0.115. The number of primary amides is 1. The SMILES string of the molecule is CCNC(=NCc1cccc(Cl)c1)NCCc1ccc(OCC(N)=O)cc1. The number of aliphatic imine (C=N–C) groups is 1. The molecule has 7 heteroatoms. The number of nitrogens with zero attached hydrogens (tertiary/aromatic N) is 1. The van der Waals surface area contributed by atoms with E-state index in [0.29, 0.717) is 17.3 Å². The molecule has 144 valence electrons. The number of carbonyl (C=O) groups is 1. The Kier molecular flexibility index (Phi) is 8.45. The molecule has 0 fully saturated rings. The predicted molar refractivity (Wildman–Crippen MR) is 109 cm³/mol. The first-order valence-electron chi connectivity index (χ1n) is 8.83. The fraction of sp³-hybridized carbons (Fsp3) is 0.300. The molecule has 0 saturated heterocycles. The number of nitrogens with one attached hydrogen (secondary N) is 2. The van der Waals surface area contributed by atoms with Gasteiger partial charge in [0.15, 0.2) is 12.6 Å². The van der Waals surface area contributed by atoms with Crippen LogP contribution in [0.4, 0.5) is 0 Å². The number of amides is 1. The maximum absolute atomic E-state index is 10.7. The quantitative estimate of drug-likeness (QED) is 0.455. The largest absolute Gasteiger partial charge is 0.484 e. The van der Waals surface area contributed by atoms with Gasteiger partial charge in [-0.05, 0) is 48.7 Å². The van der Waals surface area contributed by atoms with Gasteiger partial charge in [0.2, 0.25) is 0 Å². The molecule has 6 nitrogen and oxygen atoms in total. The second-order valence-electron chi connectivity index (χ2n) is 5.90. The van der Waals surface area contributed by atoms with Gasteiger partial charge >= 0.3 is 0 Å². The lowest BCUT2D eigenvalue weighted by Crippen LogP contribution is -2.38. The summed E-state index contributed by atoms with van der Waals surface area (Å²) in [4.78, 5) is 15.3. The van der Waals surface area contributed by atoms with Gasteiger partial charge in [0.1, 0.15) is 5.75 Å². The lowest BCUT2D eigenvalue weighted by molar-refractivity contribution is -0.119. The number of hydrogen-bond acceptors (Lipinski definition) is 3. The molecular formula is C20H25ClN4O2. The minimum Gasteiger partial charge on any atom is -0.484 e. The lowest BCUT2D eigenvalue weighted by atomic mass is 10.1. The molecule has 0 radical (unpaired) electrons. The first-order chi connectivity index (χ1) is 13.1. The van der Waals surface area contributed by atoms with Crippen LogP contribution in [0.3, 0.4) is 0 Å². The van der Waals surface area contributed by atoms with Crippen molar-refractivity contribution in [1.29, 1.82) is 0 Å². The highest BCUT2D eigenvalue weighted by molar-refractivity contribution is 6.30. The fourth-order valence-electron chi connectivity index (χ4n) is 2.38. The van der Waals surface area contributed by atoms with E-state index in [-0.39, 0.29) is 6.61 Å². The normalized spacial score (nSPS) is 11.1. The van der Waals surface area contributed by atoms with Crippen LogP contribution in [0.25, 0.3) is 0 Å². The Labute approximate surface area is 164 Å². The van der Waals surface area contributed by atoms with E-state index in [1.54, 1.807) is 0 Å². The first kappa shape index (κ1) is 20.6. The van der Waals surface area contributed by atoms with Gasteiger partial charge in [-0.15, -0.1) is 0 Å². The molecule has 0 spiro atoms. The van der Waals surface area contributed by atoms with Crippen molar-refractivity contribution in [2.24, 2.45) is 10.7 Å². The predicted octanol–water partition coefficient (Wildman–Crippen LogP) is 2.50. The van der Waals surface area contributed by atoms with E-state index in [2.05, 4.69) is 15.6 Å². The van der Waals surface area contributed by atoms with Crippen molar-refractivity contribution < 1.29 is 9.53 Å². The second-order valence-corrected chi connectivity index (χ2v) is 6.34. The summed E-state index contributed by atoms with van der Waals surface area (Å²) in [5.74, 6) is 0.900. The number of halogens is 1. The highest BCUT2D eigenvalue weighted by Gasteiger charge is 2.01. The Hall–Kier alpha value is -2.73. The van der Waals surface area contributed by atoms with Gasteiger partial charge in [0.25, 0.3) is 5.91 Å². The van der Waals surface area contributed by atoms with Gasteiger partial charge in [-0.2, -0.15) is 0 Å². The Morgan fingerprint density at radius 2 is 1.93 bits per heavy atom. The molecule has 0 saturated carbocycles. The molecular weight excluding hydrogens is 364 g/mol. The Morgan fingerprint density at radius 1 is 1.15 bits per heavy atom. The molecule has 0 aliphatic rings. The Balaban J connectivity index is 1.83. The van der Waals surface area contributed by atoms with Gasteiger partial charge in [0, 0.05) is 18.1 Å². The van der Waals surface area contributed by atoms with Crippen molar-refractivity contribution in [1.82, 2.24) is 10.6 Å². The minimum atomic E-state index is -0.490. The third-order valence-electron chi connectivity index (χ3n) is 3.66. The van der Waals surface area contributed by atoms with E-state index >= 15 is 0 Å². The van der Waals surface area contributed by atoms with Gasteiger partial charge < -0.3 is 21.1 Å². The van der Waals surface area contributed by atoms with E-state index < -0.39 is 5.91 Å². The third kappa shape index (κ3) is 8.00. The number of hydrogen-bond donors (Lipinski definition) is 3. The van der Waals surface area contributed by atoms with Crippen LogP contribution in [-0.2, 0) is 17.8 Å². The van der Waals surface area contributed by atoms with Gasteiger partial charge in [-0.1, -0.05) is 35.9 Å². The smallest absolute Gasteiger partial charge is 0.255 e. The van der Waals surface area contributed by atoms with E-state index in [9.17, 15) is 4.79 Å². The fourth-order valence-corrected chi connectivity index (χ4v) is 2.59. The van der Waals surface area contributed by atoms with Gasteiger partial charge in [-0.3, -0.25) is 4.79 Å². The summed E-state index contributed by atoms with van der Waals surface area (Å²) < 4.78 is 5.25. The maximum atomic E-state index is 10.7. The van der Waals surface area contributed by atoms with Crippen LogP contribution >= 0.6 is 11.6 Å². The molecule has 0 bridgehead atoms. The zero-order chi connectivity index (χ0) is 19.5. The molecule has 2 aromatic rings. The van der Waals surface area contributed by atoms with Crippen LogP contribution in [0.15, 0.2) is 53.5 Å². The van der Waals surface area contributed by atoms with Crippen LogP contribution in [0.5, 0.6) is 5.75 Å². The summed E-state index contributed by atoms with van der Waals surface area (Å²) in [5, 5.41) is 7.27. The monoisotopic (exact) mass is 388 g/mol. The van der Waals surface area contributed by atoms with Gasteiger partial charge in [0.05, 0.1) is 6.54 Å². The topological polar surface area (TPSA) is 88.7 Å². The Morgan fingerprint density at radius 3 is 2.59 bits per heavy atom. The summed E-state index contributed by atoms with van der Waals surface area (Å²) >= 11 is 6.01. The molecule has 0 aromatic heterocycles. The molecule has 0 atom stereocenters. The molecule has 2 aromatic carbocycles. The number of ether oxygens (including phenoxy) is 1. The average molecular weight is 389 g/mol. The summed E-state index contributed by atoms with van der Waals surface area (Å²) in [6, 6.07) is 15.3. The van der Waals surface area contributed by atoms with Gasteiger partial charge in [-0.25, -0.2) is 4.99 Å². The van der Waals surface area contributed by atoms with Crippen molar-refractivity contribution in [2.45, 2.75) is 19.9 Å². The molecule has 0 aliphatic carbocycles. The van der Waals surface area contributed by atoms with Crippen LogP contribution in [-0.4, -0.2) is 31.6 Å². The summed E-state index contributed by atoms with van der Waals surface area (Å²) in [5.41, 5.74) is 7.28. The summed E-state index contributed by atoms with van der Waals surface area (Å²) in [6.07, 6.45) is 0.831. The lowest BCUT2D eigenvalue weighted by Gasteiger charge is -2.12.